The van der Waals surface area contributed by atoms with Crippen molar-refractivity contribution in [3.05, 3.63) is 47.4 Å². The molecular formula is C14H10ClF2N3O3S. The van der Waals surface area contributed by atoms with Gasteiger partial charge in [-0.05, 0) is 36.0 Å². The Kier molecular flexibility index (Phi) is 6.44. The average molecular weight is 374 g/mol. The van der Waals surface area contributed by atoms with E-state index < -0.39 is 24.2 Å². The molecule has 0 aliphatic heterocycles. The van der Waals surface area contributed by atoms with Crippen LogP contribution in [0.25, 0.3) is 0 Å². The highest BCUT2D eigenvalue weighted by Gasteiger charge is 2.19. The van der Waals surface area contributed by atoms with E-state index in [1.807, 2.05) is 0 Å². The lowest BCUT2D eigenvalue weighted by Gasteiger charge is -2.09. The molecule has 0 unspecified atom stereocenters. The third-order valence-electron chi connectivity index (χ3n) is 2.56. The Hall–Kier alpha value is -2.26. The molecule has 0 aromatic carbocycles. The molecule has 0 saturated heterocycles. The van der Waals surface area contributed by atoms with Gasteiger partial charge in [-0.3, -0.25) is 4.79 Å². The Bertz CT molecular complexity index is 749. The van der Waals surface area contributed by atoms with Crippen molar-refractivity contribution in [1.82, 2.24) is 9.97 Å². The van der Waals surface area contributed by atoms with Crippen LogP contribution in [0.2, 0.25) is 5.15 Å². The van der Waals surface area contributed by atoms with Crippen LogP contribution in [0.4, 0.5) is 14.5 Å². The smallest absolute Gasteiger partial charge is 0.341 e. The van der Waals surface area contributed by atoms with Gasteiger partial charge in [0.2, 0.25) is 0 Å². The number of carbonyl (C=O) groups is 2. The summed E-state index contributed by atoms with van der Waals surface area (Å²) in [6.07, 6.45) is 2.72. The monoisotopic (exact) mass is 373 g/mol. The SMILES string of the molecule is O=C(COC(=O)c1cccnc1SC(F)F)Nc1cccnc1Cl. The number of anilines is 1. The molecule has 10 heteroatoms. The Morgan fingerprint density at radius 2 is 1.96 bits per heavy atom. The first-order chi connectivity index (χ1) is 11.5. The molecule has 1 N–H and O–H groups in total. The first kappa shape index (κ1) is 18.1. The van der Waals surface area contributed by atoms with Gasteiger partial charge in [0.15, 0.2) is 11.8 Å². The summed E-state index contributed by atoms with van der Waals surface area (Å²) in [6.45, 7) is -0.613. The number of nitrogens with one attached hydrogen (secondary N) is 1. The summed E-state index contributed by atoms with van der Waals surface area (Å²) < 4.78 is 29.7. The number of rotatable bonds is 6. The van der Waals surface area contributed by atoms with Crippen LogP contribution in [0.15, 0.2) is 41.7 Å². The van der Waals surface area contributed by atoms with E-state index in [0.717, 1.165) is 0 Å². The van der Waals surface area contributed by atoms with Crippen LogP contribution < -0.4 is 5.32 Å². The fourth-order valence-electron chi connectivity index (χ4n) is 1.60. The van der Waals surface area contributed by atoms with Crippen molar-refractivity contribution in [2.75, 3.05) is 11.9 Å². The van der Waals surface area contributed by atoms with Crippen LogP contribution in [-0.4, -0.2) is 34.2 Å². The van der Waals surface area contributed by atoms with Gasteiger partial charge >= 0.3 is 5.97 Å². The molecule has 0 saturated carbocycles. The second-order valence-corrected chi connectivity index (χ2v) is 5.54. The summed E-state index contributed by atoms with van der Waals surface area (Å²) in [5.41, 5.74) is 0.116. The number of aromatic nitrogens is 2. The van der Waals surface area contributed by atoms with Crippen LogP contribution in [0.3, 0.4) is 0 Å². The lowest BCUT2D eigenvalue weighted by Crippen LogP contribution is -2.21. The number of amides is 1. The number of halogens is 3. The van der Waals surface area contributed by atoms with E-state index in [9.17, 15) is 18.4 Å². The molecule has 2 aromatic heterocycles. The number of pyridine rings is 2. The first-order valence-electron chi connectivity index (χ1n) is 6.44. The minimum absolute atomic E-state index is 0.0834. The summed E-state index contributed by atoms with van der Waals surface area (Å²) in [5, 5.41) is 2.32. The van der Waals surface area contributed by atoms with E-state index in [1.54, 1.807) is 6.07 Å². The number of hydrogen-bond acceptors (Lipinski definition) is 6. The zero-order chi connectivity index (χ0) is 17.5. The molecule has 0 bridgehead atoms. The van der Waals surface area contributed by atoms with E-state index in [4.69, 9.17) is 16.3 Å². The van der Waals surface area contributed by atoms with Crippen LogP contribution in [0, 0.1) is 0 Å². The average Bonchev–Trinajstić information content (AvgIpc) is 2.55. The number of thioether (sulfide) groups is 1. The Balaban J connectivity index is 1.96. The normalized spacial score (nSPS) is 10.5. The second kappa shape index (κ2) is 8.55. The molecule has 0 radical (unpaired) electrons. The van der Waals surface area contributed by atoms with Gasteiger partial charge in [-0.2, -0.15) is 8.78 Å². The minimum Gasteiger partial charge on any atom is -0.452 e. The molecule has 2 heterocycles. The summed E-state index contributed by atoms with van der Waals surface area (Å²) in [5.74, 6) is -4.31. The van der Waals surface area contributed by atoms with Crippen molar-refractivity contribution in [2.24, 2.45) is 0 Å². The van der Waals surface area contributed by atoms with Gasteiger partial charge in [0.05, 0.1) is 11.3 Å². The molecular weight excluding hydrogens is 364 g/mol. The number of esters is 1. The summed E-state index contributed by atoms with van der Waals surface area (Å²) in [7, 11) is 0. The molecule has 24 heavy (non-hydrogen) atoms. The Morgan fingerprint density at radius 3 is 2.67 bits per heavy atom. The molecule has 1 amide bonds. The standard InChI is InChI=1S/C14H10ClF2N3O3S/c15-11-9(4-2-5-18-11)20-10(21)7-23-13(22)8-3-1-6-19-12(8)24-14(16)17/h1-6,14H,7H2,(H,20,21). The van der Waals surface area contributed by atoms with Gasteiger partial charge in [-0.25, -0.2) is 14.8 Å². The zero-order valence-electron chi connectivity index (χ0n) is 11.9. The minimum atomic E-state index is -2.73. The molecule has 2 aromatic rings. The number of nitrogens with zero attached hydrogens (tertiary/aromatic N) is 2. The molecule has 2 rings (SSSR count). The maximum absolute atomic E-state index is 12.4. The highest BCUT2D eigenvalue weighted by atomic mass is 35.5. The van der Waals surface area contributed by atoms with Gasteiger partial charge in [0.25, 0.3) is 11.7 Å². The van der Waals surface area contributed by atoms with Gasteiger partial charge in [-0.15, -0.1) is 0 Å². The number of carbonyl (C=O) groups excluding carboxylic acids is 2. The van der Waals surface area contributed by atoms with Gasteiger partial charge < -0.3 is 10.1 Å². The van der Waals surface area contributed by atoms with Crippen LogP contribution in [0.5, 0.6) is 0 Å². The zero-order valence-corrected chi connectivity index (χ0v) is 13.5. The van der Waals surface area contributed by atoms with Crippen molar-refractivity contribution < 1.29 is 23.1 Å². The van der Waals surface area contributed by atoms with Crippen molar-refractivity contribution in [3.63, 3.8) is 0 Å². The highest BCUT2D eigenvalue weighted by Crippen LogP contribution is 2.26. The van der Waals surface area contributed by atoms with Crippen molar-refractivity contribution in [2.45, 2.75) is 10.8 Å². The molecule has 0 aliphatic rings. The predicted octanol–water partition coefficient (Wildman–Crippen LogP) is 3.24. The van der Waals surface area contributed by atoms with Crippen molar-refractivity contribution >= 4 is 40.9 Å². The molecule has 6 nitrogen and oxygen atoms in total. The first-order valence-corrected chi connectivity index (χ1v) is 7.70. The van der Waals surface area contributed by atoms with Crippen LogP contribution in [-0.2, 0) is 9.53 Å². The maximum Gasteiger partial charge on any atom is 0.341 e. The number of alkyl halides is 2. The summed E-state index contributed by atoms with van der Waals surface area (Å²) >= 11 is 5.90. The van der Waals surface area contributed by atoms with E-state index in [-0.39, 0.29) is 33.2 Å². The third-order valence-corrected chi connectivity index (χ3v) is 3.59. The second-order valence-electron chi connectivity index (χ2n) is 4.20. The fourth-order valence-corrected chi connectivity index (χ4v) is 2.33. The Morgan fingerprint density at radius 1 is 1.25 bits per heavy atom. The summed E-state index contributed by atoms with van der Waals surface area (Å²) in [4.78, 5) is 31.2. The van der Waals surface area contributed by atoms with Crippen LogP contribution >= 0.6 is 23.4 Å². The molecule has 0 aliphatic carbocycles. The highest BCUT2D eigenvalue weighted by molar-refractivity contribution is 7.99. The molecule has 0 fully saturated rings. The van der Waals surface area contributed by atoms with Gasteiger partial charge in [-0.1, -0.05) is 11.6 Å². The fraction of sp³-hybridized carbons (Fsp3) is 0.143. The summed E-state index contributed by atoms with van der Waals surface area (Å²) in [6, 6.07) is 5.78. The van der Waals surface area contributed by atoms with E-state index in [2.05, 4.69) is 15.3 Å². The molecule has 0 atom stereocenters. The van der Waals surface area contributed by atoms with E-state index in [1.165, 1.54) is 30.6 Å². The number of ether oxygens (including phenoxy) is 1. The maximum atomic E-state index is 12.4. The number of hydrogen-bond donors (Lipinski definition) is 1. The predicted molar refractivity (Wildman–Crippen MR) is 84.3 cm³/mol. The molecule has 126 valence electrons. The molecule has 0 spiro atoms. The van der Waals surface area contributed by atoms with E-state index in [0.29, 0.717) is 0 Å². The van der Waals surface area contributed by atoms with Gasteiger partial charge in [0.1, 0.15) is 5.03 Å². The Labute approximate surface area is 144 Å². The van der Waals surface area contributed by atoms with Crippen molar-refractivity contribution in [3.8, 4) is 0 Å². The topological polar surface area (TPSA) is 81.2 Å². The van der Waals surface area contributed by atoms with Gasteiger partial charge in [0, 0.05) is 12.4 Å². The third kappa shape index (κ3) is 5.14. The van der Waals surface area contributed by atoms with E-state index >= 15 is 0 Å². The van der Waals surface area contributed by atoms with Crippen LogP contribution in [0.1, 0.15) is 10.4 Å². The van der Waals surface area contributed by atoms with Crippen molar-refractivity contribution in [1.29, 1.82) is 0 Å². The lowest BCUT2D eigenvalue weighted by atomic mass is 10.3. The lowest BCUT2D eigenvalue weighted by molar-refractivity contribution is -0.119. The largest absolute Gasteiger partial charge is 0.452 e. The quantitative estimate of drug-likeness (QED) is 0.475.